The zero-order valence-electron chi connectivity index (χ0n) is 7.70. The van der Waals surface area contributed by atoms with Gasteiger partial charge >= 0.3 is 0 Å². The van der Waals surface area contributed by atoms with E-state index in [-0.39, 0.29) is 12.4 Å². The predicted octanol–water partition coefficient (Wildman–Crippen LogP) is 1.73. The van der Waals surface area contributed by atoms with E-state index in [1.807, 2.05) is 17.5 Å². The van der Waals surface area contributed by atoms with Crippen LogP contribution in [0.25, 0.3) is 0 Å². The number of hydrogen-bond donors (Lipinski definition) is 1. The lowest BCUT2D eigenvalue weighted by atomic mass is 10.3. The summed E-state index contributed by atoms with van der Waals surface area (Å²) >= 11 is 1.34. The minimum atomic E-state index is 0. The average molecular weight is 241 g/mol. The lowest BCUT2D eigenvalue weighted by Gasteiger charge is -1.91. The highest BCUT2D eigenvalue weighted by atomic mass is 35.5. The molecule has 2 aromatic heterocycles. The molecule has 78 valence electrons. The van der Waals surface area contributed by atoms with E-state index in [9.17, 15) is 0 Å². The lowest BCUT2D eigenvalue weighted by Crippen LogP contribution is -2.06. The number of hydrogen-bond acceptors (Lipinski definition) is 4. The summed E-state index contributed by atoms with van der Waals surface area (Å²) in [5.41, 5.74) is 0.922. The Kier molecular flexibility index (Phi) is 4.20. The molecular formula is C9H9ClN4S. The summed E-state index contributed by atoms with van der Waals surface area (Å²) in [6, 6.07) is 3.76. The van der Waals surface area contributed by atoms with Gasteiger partial charge in [-0.1, -0.05) is 6.07 Å². The molecule has 0 radical (unpaired) electrons. The van der Waals surface area contributed by atoms with E-state index < -0.39 is 0 Å². The molecule has 2 heterocycles. The second kappa shape index (κ2) is 5.43. The molecule has 0 aromatic carbocycles. The first kappa shape index (κ1) is 11.6. The fourth-order valence-corrected chi connectivity index (χ4v) is 1.47. The zero-order chi connectivity index (χ0) is 9.80. The molecule has 0 amide bonds. The van der Waals surface area contributed by atoms with Gasteiger partial charge in [-0.25, -0.2) is 4.68 Å². The van der Waals surface area contributed by atoms with Crippen LogP contribution in [-0.4, -0.2) is 15.9 Å². The molecule has 15 heavy (non-hydrogen) atoms. The van der Waals surface area contributed by atoms with Crippen molar-refractivity contribution in [2.24, 2.45) is 5.10 Å². The minimum Gasteiger partial charge on any atom is -0.274 e. The molecule has 2 rings (SSSR count). The lowest BCUT2D eigenvalue weighted by molar-refractivity contribution is 0.831. The van der Waals surface area contributed by atoms with Crippen molar-refractivity contribution in [3.63, 3.8) is 0 Å². The minimum absolute atomic E-state index is 0. The summed E-state index contributed by atoms with van der Waals surface area (Å²) in [6.07, 6.45) is 6.86. The predicted molar refractivity (Wildman–Crippen MR) is 62.6 cm³/mol. The summed E-state index contributed by atoms with van der Waals surface area (Å²) in [5.74, 6) is 0. The van der Waals surface area contributed by atoms with Crippen molar-refractivity contribution in [1.29, 1.82) is 5.41 Å². The summed E-state index contributed by atoms with van der Waals surface area (Å²) in [6.45, 7) is 0. The fourth-order valence-electron chi connectivity index (χ4n) is 0.946. The van der Waals surface area contributed by atoms with Gasteiger partial charge in [0.25, 0.3) is 0 Å². The summed E-state index contributed by atoms with van der Waals surface area (Å²) < 4.78 is 1.51. The van der Waals surface area contributed by atoms with Gasteiger partial charge in [-0.05, 0) is 6.07 Å². The van der Waals surface area contributed by atoms with Gasteiger partial charge < -0.3 is 0 Å². The van der Waals surface area contributed by atoms with Gasteiger partial charge in [0, 0.05) is 29.5 Å². The number of pyridine rings is 1. The van der Waals surface area contributed by atoms with E-state index in [0.29, 0.717) is 4.80 Å². The van der Waals surface area contributed by atoms with Gasteiger partial charge in [0.2, 0.25) is 4.80 Å². The maximum absolute atomic E-state index is 7.47. The molecule has 0 saturated heterocycles. The Labute approximate surface area is 96.8 Å². The van der Waals surface area contributed by atoms with Crippen molar-refractivity contribution in [1.82, 2.24) is 9.66 Å². The molecule has 6 heteroatoms. The SMILES string of the molecule is Cl.N=c1sccn1/N=C/c1cccnc1. The van der Waals surface area contributed by atoms with Crippen LogP contribution in [-0.2, 0) is 0 Å². The number of rotatable bonds is 2. The third kappa shape index (κ3) is 3.00. The van der Waals surface area contributed by atoms with Crippen LogP contribution < -0.4 is 4.80 Å². The van der Waals surface area contributed by atoms with E-state index >= 15 is 0 Å². The summed E-state index contributed by atoms with van der Waals surface area (Å²) in [5, 5.41) is 13.4. The monoisotopic (exact) mass is 240 g/mol. The van der Waals surface area contributed by atoms with Crippen molar-refractivity contribution in [2.75, 3.05) is 0 Å². The van der Waals surface area contributed by atoms with Crippen LogP contribution >= 0.6 is 23.7 Å². The maximum atomic E-state index is 7.47. The molecule has 0 aliphatic heterocycles. The third-order valence-corrected chi connectivity index (χ3v) is 2.27. The average Bonchev–Trinajstić information content (AvgIpc) is 2.63. The van der Waals surface area contributed by atoms with E-state index in [4.69, 9.17) is 5.41 Å². The van der Waals surface area contributed by atoms with Gasteiger partial charge in [0.1, 0.15) is 0 Å². The van der Waals surface area contributed by atoms with Crippen molar-refractivity contribution in [3.05, 3.63) is 46.5 Å². The van der Waals surface area contributed by atoms with Crippen LogP contribution in [0.1, 0.15) is 5.56 Å². The molecule has 0 aliphatic carbocycles. The molecule has 0 atom stereocenters. The van der Waals surface area contributed by atoms with E-state index in [2.05, 4.69) is 10.1 Å². The fraction of sp³-hybridized carbons (Fsp3) is 0. The highest BCUT2D eigenvalue weighted by molar-refractivity contribution is 7.06. The van der Waals surface area contributed by atoms with Gasteiger partial charge in [0.15, 0.2) is 0 Å². The first-order valence-corrected chi connectivity index (χ1v) is 4.89. The highest BCUT2D eigenvalue weighted by Crippen LogP contribution is 1.92. The highest BCUT2D eigenvalue weighted by Gasteiger charge is 1.88. The smallest absolute Gasteiger partial charge is 0.202 e. The Morgan fingerprint density at radius 2 is 2.40 bits per heavy atom. The maximum Gasteiger partial charge on any atom is 0.202 e. The van der Waals surface area contributed by atoms with Crippen LogP contribution in [0.5, 0.6) is 0 Å². The summed E-state index contributed by atoms with van der Waals surface area (Å²) in [7, 11) is 0. The Balaban J connectivity index is 0.00000112. The first-order valence-electron chi connectivity index (χ1n) is 4.01. The van der Waals surface area contributed by atoms with Crippen LogP contribution in [0.15, 0.2) is 41.2 Å². The summed E-state index contributed by atoms with van der Waals surface area (Å²) in [4.78, 5) is 4.37. The number of thiazole rings is 1. The molecular weight excluding hydrogens is 232 g/mol. The number of aromatic nitrogens is 2. The van der Waals surface area contributed by atoms with Crippen molar-refractivity contribution in [2.45, 2.75) is 0 Å². The van der Waals surface area contributed by atoms with E-state index in [0.717, 1.165) is 5.56 Å². The van der Waals surface area contributed by atoms with Crippen molar-refractivity contribution >= 4 is 30.0 Å². The topological polar surface area (TPSA) is 54.0 Å². The number of nitrogens with zero attached hydrogens (tertiary/aromatic N) is 3. The Morgan fingerprint density at radius 1 is 1.53 bits per heavy atom. The van der Waals surface area contributed by atoms with Crippen LogP contribution in [0.2, 0.25) is 0 Å². The molecule has 0 fully saturated rings. The quantitative estimate of drug-likeness (QED) is 0.799. The number of halogens is 1. The largest absolute Gasteiger partial charge is 0.274 e. The Hall–Kier alpha value is -1.46. The molecule has 1 N–H and O–H groups in total. The second-order valence-electron chi connectivity index (χ2n) is 2.58. The van der Waals surface area contributed by atoms with Crippen LogP contribution in [0, 0.1) is 5.41 Å². The van der Waals surface area contributed by atoms with Crippen LogP contribution in [0.3, 0.4) is 0 Å². The molecule has 4 nitrogen and oxygen atoms in total. The molecule has 2 aromatic rings. The number of nitrogens with one attached hydrogen (secondary N) is 1. The third-order valence-electron chi connectivity index (χ3n) is 1.61. The van der Waals surface area contributed by atoms with E-state index in [1.54, 1.807) is 24.8 Å². The van der Waals surface area contributed by atoms with Crippen molar-refractivity contribution in [3.8, 4) is 0 Å². The zero-order valence-corrected chi connectivity index (χ0v) is 9.33. The Bertz CT molecular complexity index is 488. The Morgan fingerprint density at radius 3 is 3.00 bits per heavy atom. The normalized spacial score (nSPS) is 10.1. The molecule has 0 unspecified atom stereocenters. The molecule has 0 aliphatic rings. The van der Waals surface area contributed by atoms with Gasteiger partial charge in [0.05, 0.1) is 6.21 Å². The van der Waals surface area contributed by atoms with Gasteiger partial charge in [-0.3, -0.25) is 10.4 Å². The van der Waals surface area contributed by atoms with Gasteiger partial charge in [-0.2, -0.15) is 5.10 Å². The standard InChI is InChI=1S/C9H8N4S.ClH/c10-9-13(4-5-14-9)12-7-8-2-1-3-11-6-8;/h1-7,10H;1H/b10-9?,12-7+;. The molecule has 0 spiro atoms. The first-order chi connectivity index (χ1) is 6.86. The second-order valence-corrected chi connectivity index (χ2v) is 3.48. The molecule has 0 saturated carbocycles. The van der Waals surface area contributed by atoms with Crippen molar-refractivity contribution < 1.29 is 0 Å². The van der Waals surface area contributed by atoms with E-state index in [1.165, 1.54) is 16.0 Å². The van der Waals surface area contributed by atoms with Gasteiger partial charge in [-0.15, -0.1) is 23.7 Å². The molecule has 0 bridgehead atoms. The van der Waals surface area contributed by atoms with Crippen LogP contribution in [0.4, 0.5) is 0 Å².